The lowest BCUT2D eigenvalue weighted by Gasteiger charge is -2.14. The molecule has 124 valence electrons. The van der Waals surface area contributed by atoms with Crippen molar-refractivity contribution in [2.75, 3.05) is 5.75 Å². The largest absolute Gasteiger partial charge is 0.361 e. The molecule has 2 aromatic carbocycles. The lowest BCUT2D eigenvalue weighted by Crippen LogP contribution is -2.28. The molecular formula is C19H16N4OS. The number of hydrogen-bond acceptors (Lipinski definition) is 4. The van der Waals surface area contributed by atoms with Gasteiger partial charge in [-0.15, -0.1) is 5.10 Å². The molecule has 1 aliphatic heterocycles. The van der Waals surface area contributed by atoms with Gasteiger partial charge in [0.15, 0.2) is 5.17 Å². The van der Waals surface area contributed by atoms with E-state index in [1.165, 1.54) is 11.8 Å². The Morgan fingerprint density at radius 2 is 1.92 bits per heavy atom. The number of aromatic amines is 1. The van der Waals surface area contributed by atoms with Crippen LogP contribution in [0.3, 0.4) is 0 Å². The molecule has 2 heterocycles. The fourth-order valence-corrected chi connectivity index (χ4v) is 3.57. The number of hydrogen-bond donors (Lipinski definition) is 1. The summed E-state index contributed by atoms with van der Waals surface area (Å²) < 4.78 is 0. The van der Waals surface area contributed by atoms with Crippen LogP contribution in [0.15, 0.2) is 71.0 Å². The maximum atomic E-state index is 12.1. The van der Waals surface area contributed by atoms with Gasteiger partial charge >= 0.3 is 0 Å². The van der Waals surface area contributed by atoms with Crippen molar-refractivity contribution in [3.05, 3.63) is 71.9 Å². The molecular weight excluding hydrogens is 332 g/mol. The number of para-hydroxylation sites is 1. The Balaban J connectivity index is 1.54. The Bertz CT molecular complexity index is 962. The summed E-state index contributed by atoms with van der Waals surface area (Å²) in [6, 6.07) is 17.9. The molecule has 5 nitrogen and oxygen atoms in total. The van der Waals surface area contributed by atoms with Crippen LogP contribution in [0.25, 0.3) is 10.9 Å². The number of carbonyl (C=O) groups excluding carboxylic acids is 1. The Morgan fingerprint density at radius 3 is 2.80 bits per heavy atom. The van der Waals surface area contributed by atoms with Crippen LogP contribution in [0, 0.1) is 0 Å². The van der Waals surface area contributed by atoms with Gasteiger partial charge in [0.1, 0.15) is 0 Å². The average Bonchev–Trinajstić information content (AvgIpc) is 3.21. The summed E-state index contributed by atoms with van der Waals surface area (Å²) in [6.07, 6.45) is 3.62. The zero-order chi connectivity index (χ0) is 17.1. The summed E-state index contributed by atoms with van der Waals surface area (Å²) in [5.41, 5.74) is 3.11. The molecule has 1 amide bonds. The van der Waals surface area contributed by atoms with E-state index in [-0.39, 0.29) is 5.91 Å². The van der Waals surface area contributed by atoms with Gasteiger partial charge in [-0.25, -0.2) is 0 Å². The summed E-state index contributed by atoms with van der Waals surface area (Å²) in [5.74, 6) is 0.476. The van der Waals surface area contributed by atoms with Crippen LogP contribution in [-0.2, 0) is 11.3 Å². The predicted molar refractivity (Wildman–Crippen MR) is 103 cm³/mol. The van der Waals surface area contributed by atoms with E-state index in [9.17, 15) is 4.79 Å². The minimum atomic E-state index is 0.0647. The molecule has 0 bridgehead atoms. The minimum Gasteiger partial charge on any atom is -0.361 e. The van der Waals surface area contributed by atoms with Gasteiger partial charge in [-0.05, 0) is 11.6 Å². The Morgan fingerprint density at radius 1 is 1.12 bits per heavy atom. The number of aromatic nitrogens is 1. The summed E-state index contributed by atoms with van der Waals surface area (Å²) in [6.45, 7) is 0.522. The van der Waals surface area contributed by atoms with Crippen LogP contribution in [0.2, 0.25) is 0 Å². The number of H-pyrrole nitrogens is 1. The van der Waals surface area contributed by atoms with Crippen molar-refractivity contribution in [1.82, 2.24) is 9.88 Å². The fourth-order valence-electron chi connectivity index (χ4n) is 2.73. The number of benzene rings is 2. The number of thioether (sulfide) groups is 1. The van der Waals surface area contributed by atoms with Crippen molar-refractivity contribution in [1.29, 1.82) is 0 Å². The van der Waals surface area contributed by atoms with E-state index >= 15 is 0 Å². The van der Waals surface area contributed by atoms with Crippen LogP contribution in [0.4, 0.5) is 0 Å². The van der Waals surface area contributed by atoms with E-state index in [4.69, 9.17) is 0 Å². The molecule has 6 heteroatoms. The van der Waals surface area contributed by atoms with E-state index in [0.29, 0.717) is 17.5 Å². The number of carbonyl (C=O) groups is 1. The molecule has 1 aromatic heterocycles. The lowest BCUT2D eigenvalue weighted by molar-refractivity contribution is -0.124. The van der Waals surface area contributed by atoms with Crippen molar-refractivity contribution in [2.45, 2.75) is 6.54 Å². The van der Waals surface area contributed by atoms with Crippen LogP contribution in [0.1, 0.15) is 11.1 Å². The maximum absolute atomic E-state index is 12.1. The molecule has 3 aromatic rings. The molecule has 4 rings (SSSR count). The van der Waals surface area contributed by atoms with E-state index in [1.54, 1.807) is 11.1 Å². The molecule has 0 saturated carbocycles. The monoisotopic (exact) mass is 348 g/mol. The molecule has 0 unspecified atom stereocenters. The second kappa shape index (κ2) is 6.94. The second-order valence-electron chi connectivity index (χ2n) is 5.67. The quantitative estimate of drug-likeness (QED) is 0.578. The van der Waals surface area contributed by atoms with Gasteiger partial charge in [0.2, 0.25) is 5.91 Å². The van der Waals surface area contributed by atoms with Gasteiger partial charge < -0.3 is 4.98 Å². The highest BCUT2D eigenvalue weighted by Gasteiger charge is 2.28. The molecule has 1 fully saturated rings. The maximum Gasteiger partial charge on any atom is 0.239 e. The zero-order valence-corrected chi connectivity index (χ0v) is 14.2. The molecule has 1 N–H and O–H groups in total. The summed E-state index contributed by atoms with van der Waals surface area (Å²) in [5, 5.41) is 10.2. The van der Waals surface area contributed by atoms with Crippen molar-refractivity contribution < 1.29 is 4.79 Å². The van der Waals surface area contributed by atoms with Crippen molar-refractivity contribution in [3.63, 3.8) is 0 Å². The molecule has 0 atom stereocenters. The smallest absolute Gasteiger partial charge is 0.239 e. The first-order valence-corrected chi connectivity index (χ1v) is 8.94. The molecule has 0 spiro atoms. The highest BCUT2D eigenvalue weighted by Crippen LogP contribution is 2.22. The average molecular weight is 348 g/mol. The van der Waals surface area contributed by atoms with Gasteiger partial charge in [-0.2, -0.15) is 5.10 Å². The summed E-state index contributed by atoms with van der Waals surface area (Å²) in [4.78, 5) is 17.0. The van der Waals surface area contributed by atoms with Crippen molar-refractivity contribution in [2.24, 2.45) is 10.2 Å². The Labute approximate surface area is 149 Å². The van der Waals surface area contributed by atoms with Crippen LogP contribution >= 0.6 is 11.8 Å². The van der Waals surface area contributed by atoms with E-state index in [0.717, 1.165) is 22.0 Å². The Kier molecular flexibility index (Phi) is 4.35. The van der Waals surface area contributed by atoms with Crippen molar-refractivity contribution in [3.8, 4) is 0 Å². The molecule has 0 aliphatic carbocycles. The zero-order valence-electron chi connectivity index (χ0n) is 13.4. The number of amidine groups is 1. The Hall–Kier alpha value is -2.86. The first-order chi connectivity index (χ1) is 12.3. The number of amides is 1. The van der Waals surface area contributed by atoms with E-state index in [1.807, 2.05) is 60.8 Å². The third kappa shape index (κ3) is 3.34. The van der Waals surface area contributed by atoms with Crippen LogP contribution < -0.4 is 0 Å². The van der Waals surface area contributed by atoms with Crippen LogP contribution in [-0.4, -0.2) is 32.9 Å². The van der Waals surface area contributed by atoms with Crippen LogP contribution in [0.5, 0.6) is 0 Å². The van der Waals surface area contributed by atoms with Gasteiger partial charge in [0.05, 0.1) is 18.5 Å². The highest BCUT2D eigenvalue weighted by atomic mass is 32.2. The summed E-state index contributed by atoms with van der Waals surface area (Å²) in [7, 11) is 0. The number of rotatable bonds is 4. The lowest BCUT2D eigenvalue weighted by atomic mass is 10.2. The standard InChI is InChI=1S/C19H16N4OS/c24-18-13-25-19(23(18)12-14-6-2-1-3-7-14)22-21-11-15-10-20-17-9-5-4-8-16(15)17/h1-11,20H,12-13H2/b21-11+,22-19+. The number of nitrogens with one attached hydrogen (secondary N) is 1. The van der Waals surface area contributed by atoms with Gasteiger partial charge in [-0.1, -0.05) is 60.3 Å². The first kappa shape index (κ1) is 15.7. The third-order valence-corrected chi connectivity index (χ3v) is 4.95. The second-order valence-corrected chi connectivity index (χ2v) is 6.61. The van der Waals surface area contributed by atoms with Gasteiger partial charge in [-0.3, -0.25) is 9.69 Å². The van der Waals surface area contributed by atoms with Gasteiger partial charge in [0.25, 0.3) is 0 Å². The highest BCUT2D eigenvalue weighted by molar-refractivity contribution is 8.15. The topological polar surface area (TPSA) is 60.8 Å². The molecule has 25 heavy (non-hydrogen) atoms. The minimum absolute atomic E-state index is 0.0647. The number of nitrogens with zero attached hydrogens (tertiary/aromatic N) is 3. The van der Waals surface area contributed by atoms with E-state index < -0.39 is 0 Å². The number of fused-ring (bicyclic) bond motifs is 1. The van der Waals surface area contributed by atoms with Crippen molar-refractivity contribution >= 4 is 40.0 Å². The van der Waals surface area contributed by atoms with Gasteiger partial charge in [0, 0.05) is 22.7 Å². The normalized spacial score (nSPS) is 16.6. The van der Waals surface area contributed by atoms with E-state index in [2.05, 4.69) is 15.2 Å². The fraction of sp³-hybridized carbons (Fsp3) is 0.105. The molecule has 1 saturated heterocycles. The third-order valence-electron chi connectivity index (χ3n) is 4.00. The molecule has 0 radical (unpaired) electrons. The molecule has 1 aliphatic rings. The predicted octanol–water partition coefficient (Wildman–Crippen LogP) is 3.63. The first-order valence-electron chi connectivity index (χ1n) is 7.95. The SMILES string of the molecule is O=C1CS/C(=N/N=C/c2c[nH]c3ccccc23)N1Cc1ccccc1. The summed E-state index contributed by atoms with van der Waals surface area (Å²) >= 11 is 1.42.